The van der Waals surface area contributed by atoms with Crippen LogP contribution in [0.5, 0.6) is 0 Å². The van der Waals surface area contributed by atoms with Gasteiger partial charge in [0.1, 0.15) is 5.52 Å². The fourth-order valence-electron chi connectivity index (χ4n) is 2.19. The summed E-state index contributed by atoms with van der Waals surface area (Å²) in [6.45, 7) is -0.129. The molecule has 3 rings (SSSR count). The van der Waals surface area contributed by atoms with E-state index in [1.54, 1.807) is 0 Å². The molecule has 1 saturated heterocycles. The Bertz CT molecular complexity index is 824. The Balaban J connectivity index is 2.08. The molecule has 2 amide bonds. The quantitative estimate of drug-likeness (QED) is 0.844. The van der Waals surface area contributed by atoms with Gasteiger partial charge in [-0.3, -0.25) is 14.3 Å². The minimum atomic E-state index is -1.10. The summed E-state index contributed by atoms with van der Waals surface area (Å²) in [5.74, 6) is -2.25. The van der Waals surface area contributed by atoms with Crippen molar-refractivity contribution in [3.05, 3.63) is 28.5 Å². The normalized spacial score (nSPS) is 18.3. The molecule has 1 aromatic carbocycles. The number of hydrogen-bond donors (Lipinski definition) is 1. The number of hydrogen-bond acceptors (Lipinski definition) is 5. The van der Waals surface area contributed by atoms with Crippen LogP contribution in [0, 0.1) is 5.82 Å². The van der Waals surface area contributed by atoms with Crippen molar-refractivity contribution in [1.29, 1.82) is 0 Å². The van der Waals surface area contributed by atoms with Crippen molar-refractivity contribution in [2.45, 2.75) is 6.10 Å². The summed E-state index contributed by atoms with van der Waals surface area (Å²) in [7, 11) is 1.37. The molecule has 8 nitrogen and oxygen atoms in total. The van der Waals surface area contributed by atoms with Gasteiger partial charge < -0.3 is 14.9 Å². The molecule has 0 spiro atoms. The molecule has 0 saturated carbocycles. The molecule has 21 heavy (non-hydrogen) atoms. The molecule has 1 atom stereocenters. The number of primary amides is 1. The van der Waals surface area contributed by atoms with Crippen molar-refractivity contribution >= 4 is 28.8 Å². The van der Waals surface area contributed by atoms with Crippen LogP contribution in [0.15, 0.2) is 21.3 Å². The van der Waals surface area contributed by atoms with Crippen molar-refractivity contribution in [2.75, 3.05) is 11.4 Å². The van der Waals surface area contributed by atoms with Gasteiger partial charge in [-0.15, -0.1) is 0 Å². The largest absolute Gasteiger partial charge is 0.434 e. The Morgan fingerprint density at radius 1 is 1.43 bits per heavy atom. The number of anilines is 1. The first-order chi connectivity index (χ1) is 9.88. The van der Waals surface area contributed by atoms with E-state index in [1.165, 1.54) is 13.1 Å². The van der Waals surface area contributed by atoms with Crippen LogP contribution in [-0.2, 0) is 16.6 Å². The third-order valence-electron chi connectivity index (χ3n) is 3.26. The zero-order chi connectivity index (χ0) is 15.3. The van der Waals surface area contributed by atoms with Gasteiger partial charge in [0.2, 0.25) is 0 Å². The first-order valence-corrected chi connectivity index (χ1v) is 5.95. The Morgan fingerprint density at radius 3 is 2.76 bits per heavy atom. The molecule has 0 bridgehead atoms. The fraction of sp³-hybridized carbons (Fsp3) is 0.250. The van der Waals surface area contributed by atoms with Crippen LogP contribution in [0.2, 0.25) is 0 Å². The first kappa shape index (κ1) is 13.2. The van der Waals surface area contributed by atoms with E-state index in [2.05, 4.69) is 0 Å². The second-order valence-corrected chi connectivity index (χ2v) is 4.59. The number of nitrogens with zero attached hydrogens (tertiary/aromatic N) is 2. The van der Waals surface area contributed by atoms with Crippen LogP contribution in [0.25, 0.3) is 11.1 Å². The van der Waals surface area contributed by atoms with Gasteiger partial charge in [0.25, 0.3) is 5.91 Å². The van der Waals surface area contributed by atoms with Gasteiger partial charge in [-0.2, -0.15) is 0 Å². The third kappa shape index (κ3) is 1.93. The van der Waals surface area contributed by atoms with Gasteiger partial charge in [-0.05, 0) is 0 Å². The topological polar surface area (TPSA) is 108 Å². The number of aromatic nitrogens is 1. The Kier molecular flexibility index (Phi) is 2.71. The molecule has 1 fully saturated rings. The lowest BCUT2D eigenvalue weighted by molar-refractivity contribution is -0.124. The van der Waals surface area contributed by atoms with Crippen LogP contribution < -0.4 is 16.4 Å². The Labute approximate surface area is 116 Å². The first-order valence-electron chi connectivity index (χ1n) is 5.95. The molecule has 0 radical (unpaired) electrons. The number of oxazole rings is 1. The average Bonchev–Trinajstić information content (AvgIpc) is 2.91. The highest BCUT2D eigenvalue weighted by Crippen LogP contribution is 2.27. The highest BCUT2D eigenvalue weighted by atomic mass is 19.1. The molecule has 1 aliphatic rings. The fourth-order valence-corrected chi connectivity index (χ4v) is 2.19. The van der Waals surface area contributed by atoms with E-state index in [4.69, 9.17) is 14.9 Å². The van der Waals surface area contributed by atoms with E-state index in [-0.39, 0.29) is 23.3 Å². The molecule has 1 aliphatic heterocycles. The lowest BCUT2D eigenvalue weighted by Crippen LogP contribution is -2.32. The van der Waals surface area contributed by atoms with E-state index in [0.29, 0.717) is 0 Å². The smallest absolute Gasteiger partial charge is 0.419 e. The molecular formula is C12H10FN3O5. The molecule has 1 aromatic heterocycles. The molecule has 110 valence electrons. The molecule has 9 heteroatoms. The molecule has 2 aromatic rings. The van der Waals surface area contributed by atoms with E-state index < -0.39 is 29.7 Å². The number of amides is 2. The van der Waals surface area contributed by atoms with Gasteiger partial charge >= 0.3 is 11.8 Å². The molecular weight excluding hydrogens is 285 g/mol. The number of nitrogens with two attached hydrogens (primary N) is 1. The predicted octanol–water partition coefficient (Wildman–Crippen LogP) is 0.0811. The summed E-state index contributed by atoms with van der Waals surface area (Å²) >= 11 is 0. The van der Waals surface area contributed by atoms with Crippen LogP contribution in [0.3, 0.4) is 0 Å². The lowest BCUT2D eigenvalue weighted by Gasteiger charge is -2.12. The minimum absolute atomic E-state index is 0.00664. The standard InChI is InChI=1S/C12H10FN3O5/c1-15-9-6(13)2-5(3-7(9)20-11(15)18)16-4-8(10(14)17)21-12(16)19/h2-3,8H,4H2,1H3,(H2,14,17)/t8-/m1/s1. The predicted molar refractivity (Wildman–Crippen MR) is 68.2 cm³/mol. The van der Waals surface area contributed by atoms with Crippen LogP contribution in [-0.4, -0.2) is 29.2 Å². The number of cyclic esters (lactones) is 1. The highest BCUT2D eigenvalue weighted by Gasteiger charge is 2.36. The number of rotatable bonds is 2. The molecule has 0 unspecified atom stereocenters. The Morgan fingerprint density at radius 2 is 2.14 bits per heavy atom. The third-order valence-corrected chi connectivity index (χ3v) is 3.26. The SMILES string of the molecule is Cn1c(=O)oc2cc(N3C[C@H](C(N)=O)OC3=O)cc(F)c21. The number of fused-ring (bicyclic) bond motifs is 1. The minimum Gasteiger partial charge on any atom is -0.434 e. The van der Waals surface area contributed by atoms with Crippen LogP contribution in [0.1, 0.15) is 0 Å². The molecule has 2 N–H and O–H groups in total. The van der Waals surface area contributed by atoms with Gasteiger partial charge in [0.15, 0.2) is 17.5 Å². The molecule has 2 heterocycles. The number of aryl methyl sites for hydroxylation is 1. The maximum atomic E-state index is 14.1. The monoisotopic (exact) mass is 295 g/mol. The summed E-state index contributed by atoms with van der Waals surface area (Å²) in [6, 6.07) is 2.38. The van der Waals surface area contributed by atoms with Crippen molar-refractivity contribution in [3.8, 4) is 0 Å². The second kappa shape index (κ2) is 4.33. The summed E-state index contributed by atoms with van der Waals surface area (Å²) in [5, 5.41) is 0. The van der Waals surface area contributed by atoms with E-state index >= 15 is 0 Å². The van der Waals surface area contributed by atoms with Gasteiger partial charge in [-0.25, -0.2) is 14.0 Å². The van der Waals surface area contributed by atoms with Crippen molar-refractivity contribution in [3.63, 3.8) is 0 Å². The van der Waals surface area contributed by atoms with Crippen molar-refractivity contribution in [2.24, 2.45) is 12.8 Å². The number of benzene rings is 1. The zero-order valence-electron chi connectivity index (χ0n) is 10.8. The van der Waals surface area contributed by atoms with Crippen LogP contribution in [0.4, 0.5) is 14.9 Å². The van der Waals surface area contributed by atoms with Crippen molar-refractivity contribution < 1.29 is 23.1 Å². The maximum Gasteiger partial charge on any atom is 0.419 e. The van der Waals surface area contributed by atoms with E-state index in [1.807, 2.05) is 0 Å². The van der Waals surface area contributed by atoms with Crippen molar-refractivity contribution in [1.82, 2.24) is 4.57 Å². The average molecular weight is 295 g/mol. The van der Waals surface area contributed by atoms with E-state index in [9.17, 15) is 18.8 Å². The summed E-state index contributed by atoms with van der Waals surface area (Å²) in [6.07, 6.45) is -1.92. The number of carbonyl (C=O) groups excluding carboxylic acids is 2. The summed E-state index contributed by atoms with van der Waals surface area (Å²) in [5.41, 5.74) is 5.16. The zero-order valence-corrected chi connectivity index (χ0v) is 10.8. The summed E-state index contributed by atoms with van der Waals surface area (Å²) in [4.78, 5) is 35.2. The summed E-state index contributed by atoms with van der Waals surface area (Å²) < 4.78 is 24.7. The number of ether oxygens (including phenoxy) is 1. The van der Waals surface area contributed by atoms with Gasteiger partial charge in [0, 0.05) is 19.2 Å². The van der Waals surface area contributed by atoms with E-state index in [0.717, 1.165) is 15.5 Å². The molecule has 0 aliphatic carbocycles. The Hall–Kier alpha value is -2.84. The maximum absolute atomic E-state index is 14.1. The van der Waals surface area contributed by atoms with Gasteiger partial charge in [0.05, 0.1) is 12.2 Å². The van der Waals surface area contributed by atoms with Crippen LogP contribution >= 0.6 is 0 Å². The highest BCUT2D eigenvalue weighted by molar-refractivity contribution is 5.96. The number of carbonyl (C=O) groups is 2. The van der Waals surface area contributed by atoms with Gasteiger partial charge in [-0.1, -0.05) is 0 Å². The number of halogens is 1. The lowest BCUT2D eigenvalue weighted by atomic mass is 10.2. The second-order valence-electron chi connectivity index (χ2n) is 4.59.